The fourth-order valence-electron chi connectivity index (χ4n) is 5.56. The van der Waals surface area contributed by atoms with Crippen LogP contribution in [0.2, 0.25) is 0 Å². The van der Waals surface area contributed by atoms with E-state index in [1.165, 1.54) is 7.11 Å². The highest BCUT2D eigenvalue weighted by atomic mass is 19.1. The standard InChI is InChI=1S/C30H36F3N5O3/c1-30(2,40-3)26(37(18-20-15-34-16-24(20)33)29(39)25-10-7-13-41-25)28-35-27(22-14-21(31)11-12-23(22)32)36-38(28)17-19-8-5-4-6-9-19/h4-6,8-9,11-12,14,20,24-26,34H,7,10,13,15-18H2,1-3H3/t20?,24-,25-,26-/m0/s1. The lowest BCUT2D eigenvalue weighted by Crippen LogP contribution is -2.52. The van der Waals surface area contributed by atoms with Gasteiger partial charge in [-0.15, -0.1) is 0 Å². The maximum Gasteiger partial charge on any atom is 0.252 e. The number of methoxy groups -OCH3 is 1. The van der Waals surface area contributed by atoms with Gasteiger partial charge in [0.15, 0.2) is 11.6 Å². The summed E-state index contributed by atoms with van der Waals surface area (Å²) in [6, 6.07) is 11.7. The van der Waals surface area contributed by atoms with Gasteiger partial charge in [0.2, 0.25) is 0 Å². The van der Waals surface area contributed by atoms with Crippen LogP contribution in [0, 0.1) is 17.6 Å². The number of carbonyl (C=O) groups excluding carboxylic acids is 1. The third-order valence-electron chi connectivity index (χ3n) is 7.96. The van der Waals surface area contributed by atoms with E-state index >= 15 is 0 Å². The van der Waals surface area contributed by atoms with E-state index < -0.39 is 41.5 Å². The molecule has 4 atom stereocenters. The SMILES string of the molecule is COC(C)(C)[C@H](c1nc(-c2cc(F)ccc2F)nn1Cc1ccccc1)N(CC1CNC[C@@H]1F)C(=O)[C@@H]1CCCO1. The number of nitrogens with one attached hydrogen (secondary N) is 1. The Bertz CT molecular complexity index is 1350. The van der Waals surface area contributed by atoms with Gasteiger partial charge in [-0.1, -0.05) is 30.3 Å². The zero-order valence-electron chi connectivity index (χ0n) is 23.5. The van der Waals surface area contributed by atoms with Crippen LogP contribution < -0.4 is 5.32 Å². The number of rotatable bonds is 10. The average molecular weight is 572 g/mol. The van der Waals surface area contributed by atoms with Crippen molar-refractivity contribution in [3.8, 4) is 11.4 Å². The summed E-state index contributed by atoms with van der Waals surface area (Å²) in [5.74, 6) is -1.77. The fraction of sp³-hybridized carbons (Fsp3) is 0.500. The Morgan fingerprint density at radius 3 is 2.66 bits per heavy atom. The van der Waals surface area contributed by atoms with E-state index in [1.54, 1.807) is 9.58 Å². The molecular formula is C30H36F3N5O3. The normalized spacial score (nSPS) is 21.8. The van der Waals surface area contributed by atoms with Crippen molar-refractivity contribution in [2.24, 2.45) is 5.92 Å². The summed E-state index contributed by atoms with van der Waals surface area (Å²) in [7, 11) is 1.53. The van der Waals surface area contributed by atoms with Gasteiger partial charge in [0, 0.05) is 39.3 Å². The number of amides is 1. The van der Waals surface area contributed by atoms with E-state index in [-0.39, 0.29) is 36.9 Å². The third-order valence-corrected chi connectivity index (χ3v) is 7.96. The molecule has 0 bridgehead atoms. The third kappa shape index (κ3) is 6.32. The van der Waals surface area contributed by atoms with Crippen molar-refractivity contribution in [3.63, 3.8) is 0 Å². The molecule has 3 heterocycles. The molecule has 1 unspecified atom stereocenters. The average Bonchev–Trinajstić information content (AvgIpc) is 3.72. The van der Waals surface area contributed by atoms with Gasteiger partial charge in [-0.05, 0) is 50.5 Å². The van der Waals surface area contributed by atoms with Crippen LogP contribution in [0.1, 0.15) is 44.1 Å². The van der Waals surface area contributed by atoms with E-state index in [0.29, 0.717) is 25.4 Å². The van der Waals surface area contributed by atoms with Crippen molar-refractivity contribution < 1.29 is 27.4 Å². The first-order chi connectivity index (χ1) is 19.7. The number of nitrogens with zero attached hydrogens (tertiary/aromatic N) is 4. The van der Waals surface area contributed by atoms with Gasteiger partial charge in [0.05, 0.1) is 17.7 Å². The zero-order valence-corrected chi connectivity index (χ0v) is 23.5. The van der Waals surface area contributed by atoms with Crippen LogP contribution >= 0.6 is 0 Å². The summed E-state index contributed by atoms with van der Waals surface area (Å²) in [5.41, 5.74) is -0.252. The van der Waals surface area contributed by atoms with Gasteiger partial charge in [0.25, 0.3) is 5.91 Å². The van der Waals surface area contributed by atoms with Gasteiger partial charge in [-0.25, -0.2) is 22.8 Å². The van der Waals surface area contributed by atoms with Crippen molar-refractivity contribution in [1.82, 2.24) is 25.0 Å². The molecule has 1 N–H and O–H groups in total. The first-order valence-electron chi connectivity index (χ1n) is 13.9. The summed E-state index contributed by atoms with van der Waals surface area (Å²) in [5, 5.41) is 7.68. The lowest BCUT2D eigenvalue weighted by Gasteiger charge is -2.42. The highest BCUT2D eigenvalue weighted by Crippen LogP contribution is 2.37. The molecule has 5 rings (SSSR count). The topological polar surface area (TPSA) is 81.5 Å². The van der Waals surface area contributed by atoms with Gasteiger partial charge >= 0.3 is 0 Å². The molecule has 2 aliphatic heterocycles. The number of hydrogen-bond acceptors (Lipinski definition) is 6. The highest BCUT2D eigenvalue weighted by Gasteiger charge is 2.46. The van der Waals surface area contributed by atoms with Crippen molar-refractivity contribution >= 4 is 5.91 Å². The number of alkyl halides is 1. The maximum absolute atomic E-state index is 14.9. The Kier molecular flexibility index (Phi) is 8.77. The smallest absolute Gasteiger partial charge is 0.252 e. The first kappa shape index (κ1) is 29.2. The van der Waals surface area contributed by atoms with Crippen LogP contribution in [0.5, 0.6) is 0 Å². The fourth-order valence-corrected chi connectivity index (χ4v) is 5.56. The minimum absolute atomic E-state index is 0.0275. The first-order valence-corrected chi connectivity index (χ1v) is 13.9. The Morgan fingerprint density at radius 2 is 2.00 bits per heavy atom. The highest BCUT2D eigenvalue weighted by molar-refractivity contribution is 5.81. The molecule has 2 aliphatic rings. The van der Waals surface area contributed by atoms with Crippen LogP contribution in [-0.2, 0) is 20.8 Å². The number of aromatic nitrogens is 3. The van der Waals surface area contributed by atoms with Crippen LogP contribution in [0.25, 0.3) is 11.4 Å². The van der Waals surface area contributed by atoms with E-state index in [2.05, 4.69) is 10.4 Å². The summed E-state index contributed by atoms with van der Waals surface area (Å²) in [6.07, 6.45) is -0.524. The molecule has 0 radical (unpaired) electrons. The molecule has 0 spiro atoms. The Labute approximate surface area is 237 Å². The lowest BCUT2D eigenvalue weighted by atomic mass is 9.93. The summed E-state index contributed by atoms with van der Waals surface area (Å²) >= 11 is 0. The van der Waals surface area contributed by atoms with E-state index in [9.17, 15) is 18.0 Å². The minimum atomic E-state index is -1.14. The van der Waals surface area contributed by atoms with Crippen LogP contribution in [0.3, 0.4) is 0 Å². The number of carbonyl (C=O) groups is 1. The van der Waals surface area contributed by atoms with Crippen LogP contribution in [0.4, 0.5) is 13.2 Å². The minimum Gasteiger partial charge on any atom is -0.376 e. The van der Waals surface area contributed by atoms with Crippen LogP contribution in [-0.4, -0.2) is 76.8 Å². The van der Waals surface area contributed by atoms with E-state index in [0.717, 1.165) is 30.2 Å². The number of halogens is 3. The second-order valence-corrected chi connectivity index (χ2v) is 11.2. The number of ether oxygens (including phenoxy) is 2. The quantitative estimate of drug-likeness (QED) is 0.391. The van der Waals surface area contributed by atoms with E-state index in [4.69, 9.17) is 14.5 Å². The largest absolute Gasteiger partial charge is 0.376 e. The van der Waals surface area contributed by atoms with Gasteiger partial charge in [0.1, 0.15) is 30.0 Å². The molecule has 2 saturated heterocycles. The molecular weight excluding hydrogens is 535 g/mol. The van der Waals surface area contributed by atoms with Gasteiger partial charge in [-0.3, -0.25) is 4.79 Å². The monoisotopic (exact) mass is 571 g/mol. The van der Waals surface area contributed by atoms with Crippen molar-refractivity contribution in [2.75, 3.05) is 33.4 Å². The second kappa shape index (κ2) is 12.3. The van der Waals surface area contributed by atoms with Crippen molar-refractivity contribution in [2.45, 2.75) is 57.2 Å². The number of benzene rings is 2. The van der Waals surface area contributed by atoms with Crippen LogP contribution in [0.15, 0.2) is 48.5 Å². The maximum atomic E-state index is 14.9. The zero-order chi connectivity index (χ0) is 29.1. The molecule has 3 aromatic rings. The molecule has 41 heavy (non-hydrogen) atoms. The summed E-state index contributed by atoms with van der Waals surface area (Å²) in [4.78, 5) is 20.4. The molecule has 0 saturated carbocycles. The van der Waals surface area contributed by atoms with E-state index in [1.807, 2.05) is 44.2 Å². The Morgan fingerprint density at radius 1 is 1.22 bits per heavy atom. The molecule has 220 valence electrons. The lowest BCUT2D eigenvalue weighted by molar-refractivity contribution is -0.153. The predicted molar refractivity (Wildman–Crippen MR) is 147 cm³/mol. The Hall–Kier alpha value is -3.28. The number of hydrogen-bond donors (Lipinski definition) is 1. The molecule has 8 nitrogen and oxygen atoms in total. The molecule has 2 aromatic carbocycles. The summed E-state index contributed by atoms with van der Waals surface area (Å²) in [6.45, 7) is 5.05. The summed E-state index contributed by atoms with van der Waals surface area (Å²) < 4.78 is 57.4. The van der Waals surface area contributed by atoms with Crippen molar-refractivity contribution in [1.29, 1.82) is 0 Å². The van der Waals surface area contributed by atoms with Gasteiger partial charge < -0.3 is 19.7 Å². The molecule has 11 heteroatoms. The van der Waals surface area contributed by atoms with Gasteiger partial charge in [-0.2, -0.15) is 5.10 Å². The predicted octanol–water partition coefficient (Wildman–Crippen LogP) is 4.30. The molecule has 2 fully saturated rings. The Balaban J connectivity index is 1.67. The second-order valence-electron chi connectivity index (χ2n) is 11.2. The molecule has 0 aliphatic carbocycles. The molecule has 1 amide bonds. The molecule has 1 aromatic heterocycles. The van der Waals surface area contributed by atoms with Crippen molar-refractivity contribution in [3.05, 3.63) is 71.6 Å².